The number of halogens is 2. The van der Waals surface area contributed by atoms with Crippen molar-refractivity contribution < 1.29 is 19.0 Å². The number of imidazole rings is 1. The van der Waals surface area contributed by atoms with Gasteiger partial charge in [-0.3, -0.25) is 4.79 Å². The van der Waals surface area contributed by atoms with Gasteiger partial charge < -0.3 is 33.9 Å². The molecule has 0 saturated carbocycles. The van der Waals surface area contributed by atoms with Gasteiger partial charge in [-0.15, -0.1) is 0 Å². The second kappa shape index (κ2) is 13.6. The molecule has 244 valence electrons. The highest BCUT2D eigenvalue weighted by Gasteiger charge is 2.42. The average molecular weight is 667 g/mol. The molecule has 4 aromatic rings. The van der Waals surface area contributed by atoms with Crippen LogP contribution in [-0.4, -0.2) is 85.4 Å². The molecule has 3 aromatic carbocycles. The number of aryl methyl sites for hydroxylation is 1. The number of hydrogen-bond acceptors (Lipinski definition) is 7. The number of para-hydroxylation sites is 2. The van der Waals surface area contributed by atoms with Gasteiger partial charge >= 0.3 is 0 Å². The molecule has 1 amide bonds. The smallest absolute Gasteiger partial charge is 0.254 e. The maximum atomic E-state index is 13.9. The summed E-state index contributed by atoms with van der Waals surface area (Å²) in [5, 5.41) is 4.74. The van der Waals surface area contributed by atoms with Crippen molar-refractivity contribution in [1.29, 1.82) is 0 Å². The van der Waals surface area contributed by atoms with E-state index in [1.54, 1.807) is 33.5 Å². The predicted molar refractivity (Wildman–Crippen MR) is 183 cm³/mol. The Morgan fingerprint density at radius 1 is 0.957 bits per heavy atom. The van der Waals surface area contributed by atoms with Crippen LogP contribution in [0.5, 0.6) is 17.2 Å². The van der Waals surface area contributed by atoms with Gasteiger partial charge in [0.2, 0.25) is 11.7 Å². The van der Waals surface area contributed by atoms with E-state index >= 15 is 0 Å². The standard InChI is InChI=1S/C35H41Cl2N5O4/c1-40-29-8-6-5-7-28(29)39-34(40)38-25-11-15-41(16-12-25)17-13-35(24-9-10-26(36)27(37)21-24)14-18-42(22-35)33(43)23-19-30(44-2)32(46-4)31(20-23)45-3/h5-10,19-21,25H,11-18,22H2,1-4H3,(H,38,39). The van der Waals surface area contributed by atoms with E-state index in [1.807, 2.05) is 29.2 Å². The molecule has 1 atom stereocenters. The van der Waals surface area contributed by atoms with Crippen molar-refractivity contribution in [2.75, 3.05) is 59.4 Å². The summed E-state index contributed by atoms with van der Waals surface area (Å²) in [5.41, 5.74) is 3.48. The van der Waals surface area contributed by atoms with Crippen molar-refractivity contribution >= 4 is 46.1 Å². The summed E-state index contributed by atoms with van der Waals surface area (Å²) >= 11 is 12.9. The summed E-state index contributed by atoms with van der Waals surface area (Å²) in [5.74, 6) is 2.21. The van der Waals surface area contributed by atoms with E-state index in [0.717, 1.165) is 67.9 Å². The Morgan fingerprint density at radius 2 is 1.67 bits per heavy atom. The Morgan fingerprint density at radius 3 is 2.33 bits per heavy atom. The van der Waals surface area contributed by atoms with Gasteiger partial charge in [0.1, 0.15) is 0 Å². The number of fused-ring (bicyclic) bond motifs is 1. The molecule has 11 heteroatoms. The number of ether oxygens (including phenoxy) is 3. The number of nitrogens with one attached hydrogen (secondary N) is 1. The molecule has 1 unspecified atom stereocenters. The highest BCUT2D eigenvalue weighted by molar-refractivity contribution is 6.42. The molecule has 0 aliphatic carbocycles. The molecule has 0 spiro atoms. The van der Waals surface area contributed by atoms with E-state index < -0.39 is 0 Å². The topological polar surface area (TPSA) is 81.1 Å². The van der Waals surface area contributed by atoms with Crippen LogP contribution in [0.3, 0.4) is 0 Å². The maximum Gasteiger partial charge on any atom is 0.254 e. The summed E-state index contributed by atoms with van der Waals surface area (Å²) in [6.45, 7) is 4.11. The van der Waals surface area contributed by atoms with Crippen LogP contribution in [0.2, 0.25) is 10.0 Å². The van der Waals surface area contributed by atoms with Crippen LogP contribution in [-0.2, 0) is 12.5 Å². The van der Waals surface area contributed by atoms with Crippen molar-refractivity contribution in [2.24, 2.45) is 7.05 Å². The first-order valence-corrected chi connectivity index (χ1v) is 16.5. The molecule has 3 heterocycles. The Hall–Kier alpha value is -3.66. The highest BCUT2D eigenvalue weighted by Crippen LogP contribution is 2.42. The van der Waals surface area contributed by atoms with Gasteiger partial charge in [-0.05, 0) is 74.2 Å². The van der Waals surface area contributed by atoms with Crippen LogP contribution in [0.15, 0.2) is 54.6 Å². The van der Waals surface area contributed by atoms with Crippen LogP contribution < -0.4 is 19.5 Å². The number of anilines is 1. The number of methoxy groups -OCH3 is 3. The van der Waals surface area contributed by atoms with Crippen molar-refractivity contribution in [3.8, 4) is 17.2 Å². The molecular weight excluding hydrogens is 625 g/mol. The summed E-state index contributed by atoms with van der Waals surface area (Å²) in [7, 11) is 6.72. The number of rotatable bonds is 10. The molecule has 2 saturated heterocycles. The molecular formula is C35H41Cl2N5O4. The monoisotopic (exact) mass is 665 g/mol. The first-order valence-electron chi connectivity index (χ1n) is 15.7. The average Bonchev–Trinajstić information content (AvgIpc) is 3.66. The Balaban J connectivity index is 1.15. The number of aromatic nitrogens is 2. The third-order valence-corrected chi connectivity index (χ3v) is 10.4. The number of piperidine rings is 1. The quantitative estimate of drug-likeness (QED) is 0.203. The first kappa shape index (κ1) is 32.3. The third-order valence-electron chi connectivity index (χ3n) is 9.70. The second-order valence-electron chi connectivity index (χ2n) is 12.3. The lowest BCUT2D eigenvalue weighted by molar-refractivity contribution is 0.0779. The minimum atomic E-state index is -0.257. The lowest BCUT2D eigenvalue weighted by Crippen LogP contribution is -2.42. The maximum absolute atomic E-state index is 13.9. The second-order valence-corrected chi connectivity index (χ2v) is 13.1. The molecule has 0 bridgehead atoms. The molecule has 2 fully saturated rings. The lowest BCUT2D eigenvalue weighted by atomic mass is 9.76. The number of carbonyl (C=O) groups is 1. The van der Waals surface area contributed by atoms with Crippen LogP contribution in [0.25, 0.3) is 11.0 Å². The number of likely N-dealkylation sites (tertiary alicyclic amines) is 2. The first-order chi connectivity index (χ1) is 22.2. The number of amides is 1. The van der Waals surface area contributed by atoms with Gasteiger partial charge in [0, 0.05) is 50.2 Å². The van der Waals surface area contributed by atoms with Crippen molar-refractivity contribution in [2.45, 2.75) is 37.1 Å². The fraction of sp³-hybridized carbons (Fsp3) is 0.429. The van der Waals surface area contributed by atoms with Gasteiger partial charge in [0.25, 0.3) is 5.91 Å². The Labute approximate surface area is 280 Å². The molecule has 46 heavy (non-hydrogen) atoms. The van der Waals surface area contributed by atoms with E-state index in [4.69, 9.17) is 42.4 Å². The van der Waals surface area contributed by atoms with Crippen LogP contribution in [0.4, 0.5) is 5.95 Å². The van der Waals surface area contributed by atoms with Crippen LogP contribution in [0.1, 0.15) is 41.6 Å². The number of benzene rings is 3. The zero-order valence-electron chi connectivity index (χ0n) is 26.8. The third kappa shape index (κ3) is 6.33. The van der Waals surface area contributed by atoms with Crippen molar-refractivity contribution in [1.82, 2.24) is 19.4 Å². The van der Waals surface area contributed by atoms with Gasteiger partial charge in [-0.1, -0.05) is 41.4 Å². The van der Waals surface area contributed by atoms with Gasteiger partial charge in [0.15, 0.2) is 11.5 Å². The molecule has 1 aromatic heterocycles. The van der Waals surface area contributed by atoms with Crippen molar-refractivity contribution in [3.63, 3.8) is 0 Å². The Kier molecular flexibility index (Phi) is 9.54. The van der Waals surface area contributed by atoms with E-state index in [1.165, 1.54) is 0 Å². The summed E-state index contributed by atoms with van der Waals surface area (Å²) in [6, 6.07) is 17.9. The minimum Gasteiger partial charge on any atom is -0.493 e. The number of nitrogens with zero attached hydrogens (tertiary/aromatic N) is 4. The van der Waals surface area contributed by atoms with E-state index in [0.29, 0.717) is 52.0 Å². The normalized spacial score (nSPS) is 19.0. The van der Waals surface area contributed by atoms with E-state index in [9.17, 15) is 4.79 Å². The zero-order valence-corrected chi connectivity index (χ0v) is 28.3. The highest BCUT2D eigenvalue weighted by atomic mass is 35.5. The van der Waals surface area contributed by atoms with Gasteiger partial charge in [0.05, 0.1) is 42.4 Å². The van der Waals surface area contributed by atoms with Crippen LogP contribution in [0, 0.1) is 0 Å². The molecule has 6 rings (SSSR count). The zero-order chi connectivity index (χ0) is 32.4. The fourth-order valence-corrected chi connectivity index (χ4v) is 7.27. The molecule has 2 aliphatic heterocycles. The van der Waals surface area contributed by atoms with Gasteiger partial charge in [-0.25, -0.2) is 4.98 Å². The fourth-order valence-electron chi connectivity index (χ4n) is 6.97. The van der Waals surface area contributed by atoms with Crippen molar-refractivity contribution in [3.05, 3.63) is 75.8 Å². The molecule has 9 nitrogen and oxygen atoms in total. The van der Waals surface area contributed by atoms with Gasteiger partial charge in [-0.2, -0.15) is 0 Å². The van der Waals surface area contributed by atoms with Crippen LogP contribution >= 0.6 is 23.2 Å². The summed E-state index contributed by atoms with van der Waals surface area (Å²) < 4.78 is 18.6. The largest absolute Gasteiger partial charge is 0.493 e. The summed E-state index contributed by atoms with van der Waals surface area (Å²) in [6.07, 6.45) is 3.79. The van der Waals surface area contributed by atoms with E-state index in [-0.39, 0.29) is 11.3 Å². The molecule has 1 N–H and O–H groups in total. The number of carbonyl (C=O) groups excluding carboxylic acids is 1. The summed E-state index contributed by atoms with van der Waals surface area (Å²) in [4.78, 5) is 23.2. The number of hydrogen-bond donors (Lipinski definition) is 1. The Bertz CT molecular complexity index is 1700. The van der Waals surface area contributed by atoms with E-state index in [2.05, 4.69) is 40.0 Å². The predicted octanol–water partition coefficient (Wildman–Crippen LogP) is 6.66. The lowest BCUT2D eigenvalue weighted by Gasteiger charge is -2.36. The minimum absolute atomic E-state index is 0.0741. The molecule has 0 radical (unpaired) electrons. The SMILES string of the molecule is COc1cc(C(=O)N2CCC(CCN3CCC(Nc4nc5ccccc5n4C)CC3)(c3ccc(Cl)c(Cl)c3)C2)cc(OC)c1OC. The molecule has 2 aliphatic rings.